The molecule has 0 spiro atoms. The van der Waals surface area contributed by atoms with Crippen LogP contribution in [0.1, 0.15) is 47.0 Å². The molecule has 1 atom stereocenters. The molecule has 1 amide bonds. The highest BCUT2D eigenvalue weighted by molar-refractivity contribution is 8.00. The Labute approximate surface area is 120 Å². The zero-order valence-corrected chi connectivity index (χ0v) is 13.3. The summed E-state index contributed by atoms with van der Waals surface area (Å²) in [5, 5.41) is 8.66. The van der Waals surface area contributed by atoms with Crippen molar-refractivity contribution in [2.45, 2.75) is 52.2 Å². The average molecular weight is 289 g/mol. The summed E-state index contributed by atoms with van der Waals surface area (Å²) < 4.78 is 0. The zero-order valence-electron chi connectivity index (χ0n) is 12.5. The van der Waals surface area contributed by atoms with Gasteiger partial charge in [-0.3, -0.25) is 9.59 Å². The number of carboxylic acid groups (broad SMARTS) is 1. The van der Waals surface area contributed by atoms with E-state index in [-0.39, 0.29) is 17.6 Å². The molecule has 0 aromatic carbocycles. The number of amides is 1. The molecule has 0 aliphatic rings. The summed E-state index contributed by atoms with van der Waals surface area (Å²) >= 11 is 1.66. The van der Waals surface area contributed by atoms with E-state index in [0.717, 1.165) is 18.6 Å². The van der Waals surface area contributed by atoms with Crippen LogP contribution in [0.25, 0.3) is 0 Å². The van der Waals surface area contributed by atoms with Gasteiger partial charge in [-0.05, 0) is 25.0 Å². The molecular weight excluding hydrogens is 262 g/mol. The Balaban J connectivity index is 4.37. The van der Waals surface area contributed by atoms with Crippen molar-refractivity contribution in [1.29, 1.82) is 0 Å². The molecule has 5 heteroatoms. The van der Waals surface area contributed by atoms with Gasteiger partial charge in [-0.15, -0.1) is 11.8 Å². The number of carbonyl (C=O) groups excluding carboxylic acids is 1. The van der Waals surface area contributed by atoms with Gasteiger partial charge in [0.2, 0.25) is 5.91 Å². The summed E-state index contributed by atoms with van der Waals surface area (Å²) in [6.45, 7) is 9.06. The van der Waals surface area contributed by atoms with Crippen molar-refractivity contribution in [3.63, 3.8) is 0 Å². The van der Waals surface area contributed by atoms with Gasteiger partial charge in [0, 0.05) is 13.1 Å². The third-order valence-corrected chi connectivity index (χ3v) is 3.93. The number of hydrogen-bond donors (Lipinski definition) is 1. The highest BCUT2D eigenvalue weighted by atomic mass is 32.2. The van der Waals surface area contributed by atoms with Crippen molar-refractivity contribution in [2.75, 3.05) is 18.8 Å². The van der Waals surface area contributed by atoms with Gasteiger partial charge in [-0.1, -0.05) is 27.2 Å². The minimum Gasteiger partial charge on any atom is -0.481 e. The predicted octanol–water partition coefficient (Wildman–Crippen LogP) is 2.87. The second kappa shape index (κ2) is 10.1. The monoisotopic (exact) mass is 289 g/mol. The molecule has 0 fully saturated rings. The maximum atomic E-state index is 12.3. The number of hydrogen-bond acceptors (Lipinski definition) is 3. The van der Waals surface area contributed by atoms with Gasteiger partial charge < -0.3 is 10.0 Å². The molecule has 112 valence electrons. The van der Waals surface area contributed by atoms with E-state index in [9.17, 15) is 9.59 Å². The Bertz CT molecular complexity index is 282. The number of thioether (sulfide) groups is 1. The zero-order chi connectivity index (χ0) is 14.8. The van der Waals surface area contributed by atoms with Gasteiger partial charge in [0.15, 0.2) is 0 Å². The second-order valence-electron chi connectivity index (χ2n) is 5.19. The molecule has 0 aromatic heterocycles. The number of unbranched alkanes of at least 4 members (excludes halogenated alkanes) is 1. The first-order valence-corrected chi connectivity index (χ1v) is 8.05. The number of rotatable bonds is 10. The van der Waals surface area contributed by atoms with Crippen LogP contribution in [0.15, 0.2) is 0 Å². The highest BCUT2D eigenvalue weighted by Crippen LogP contribution is 2.16. The first-order chi connectivity index (χ1) is 8.88. The summed E-state index contributed by atoms with van der Waals surface area (Å²) in [6, 6.07) is 0. The fraction of sp³-hybridized carbons (Fsp3) is 0.857. The van der Waals surface area contributed by atoms with Crippen LogP contribution in [-0.2, 0) is 9.59 Å². The average Bonchev–Trinajstić information content (AvgIpc) is 2.33. The van der Waals surface area contributed by atoms with E-state index in [0.29, 0.717) is 19.0 Å². The number of aliphatic carboxylic acids is 1. The number of nitrogens with zero attached hydrogens (tertiary/aromatic N) is 1. The molecule has 4 nitrogen and oxygen atoms in total. The van der Waals surface area contributed by atoms with Crippen molar-refractivity contribution in [2.24, 2.45) is 5.92 Å². The van der Waals surface area contributed by atoms with E-state index in [1.54, 1.807) is 16.7 Å². The Morgan fingerprint density at radius 1 is 1.26 bits per heavy atom. The molecule has 0 saturated heterocycles. The summed E-state index contributed by atoms with van der Waals surface area (Å²) in [5.41, 5.74) is 0. The maximum Gasteiger partial charge on any atom is 0.305 e. The lowest BCUT2D eigenvalue weighted by Gasteiger charge is -2.26. The first-order valence-electron chi connectivity index (χ1n) is 7.00. The Morgan fingerprint density at radius 2 is 1.89 bits per heavy atom. The van der Waals surface area contributed by atoms with Crippen molar-refractivity contribution in [3.8, 4) is 0 Å². The largest absolute Gasteiger partial charge is 0.481 e. The first kappa shape index (κ1) is 18.3. The summed E-state index contributed by atoms with van der Waals surface area (Å²) in [6.07, 6.45) is 2.26. The lowest BCUT2D eigenvalue weighted by atomic mass is 10.2. The minimum absolute atomic E-state index is 0.0187. The fourth-order valence-electron chi connectivity index (χ4n) is 1.70. The molecule has 1 unspecified atom stereocenters. The highest BCUT2D eigenvalue weighted by Gasteiger charge is 2.21. The Kier molecular flexibility index (Phi) is 9.74. The lowest BCUT2D eigenvalue weighted by Crippen LogP contribution is -2.40. The van der Waals surface area contributed by atoms with E-state index in [2.05, 4.69) is 6.92 Å². The molecular formula is C14H27NO3S. The molecule has 0 saturated carbocycles. The van der Waals surface area contributed by atoms with Crippen LogP contribution in [0.5, 0.6) is 0 Å². The van der Waals surface area contributed by atoms with Crippen LogP contribution in [0.4, 0.5) is 0 Å². The standard InChI is InChI=1S/C14H27NO3S/c1-5-6-9-19-12(4)14(18)15(10-11(2)3)8-7-13(16)17/h11-12H,5-10H2,1-4H3,(H,16,17). The summed E-state index contributed by atoms with van der Waals surface area (Å²) in [5.74, 6) is 0.548. The van der Waals surface area contributed by atoms with Crippen LogP contribution >= 0.6 is 11.8 Å². The third kappa shape index (κ3) is 8.92. The molecule has 0 heterocycles. The Morgan fingerprint density at radius 3 is 2.37 bits per heavy atom. The van der Waals surface area contributed by atoms with Gasteiger partial charge in [0.1, 0.15) is 0 Å². The van der Waals surface area contributed by atoms with E-state index < -0.39 is 5.97 Å². The van der Waals surface area contributed by atoms with Crippen LogP contribution in [0.2, 0.25) is 0 Å². The molecule has 0 radical (unpaired) electrons. The van der Waals surface area contributed by atoms with Crippen LogP contribution in [0.3, 0.4) is 0 Å². The van der Waals surface area contributed by atoms with Gasteiger partial charge in [0.25, 0.3) is 0 Å². The topological polar surface area (TPSA) is 57.6 Å². The van der Waals surface area contributed by atoms with Gasteiger partial charge in [-0.25, -0.2) is 0 Å². The van der Waals surface area contributed by atoms with E-state index >= 15 is 0 Å². The molecule has 19 heavy (non-hydrogen) atoms. The molecule has 1 N–H and O–H groups in total. The molecule has 0 rings (SSSR count). The van der Waals surface area contributed by atoms with Crippen molar-refractivity contribution < 1.29 is 14.7 Å². The van der Waals surface area contributed by atoms with Crippen molar-refractivity contribution >= 4 is 23.6 Å². The van der Waals surface area contributed by atoms with Crippen LogP contribution in [0, 0.1) is 5.92 Å². The van der Waals surface area contributed by atoms with Crippen LogP contribution < -0.4 is 0 Å². The number of carbonyl (C=O) groups is 2. The molecule has 0 bridgehead atoms. The van der Waals surface area contributed by atoms with E-state index in [4.69, 9.17) is 5.11 Å². The molecule has 0 aliphatic carbocycles. The van der Waals surface area contributed by atoms with Gasteiger partial charge in [-0.2, -0.15) is 0 Å². The van der Waals surface area contributed by atoms with Crippen molar-refractivity contribution in [1.82, 2.24) is 4.90 Å². The van der Waals surface area contributed by atoms with Gasteiger partial charge >= 0.3 is 5.97 Å². The number of carboxylic acids is 1. The van der Waals surface area contributed by atoms with E-state index in [1.165, 1.54) is 0 Å². The normalized spacial score (nSPS) is 12.5. The van der Waals surface area contributed by atoms with Crippen LogP contribution in [-0.4, -0.2) is 46.0 Å². The maximum absolute atomic E-state index is 12.3. The SMILES string of the molecule is CCCCSC(C)C(=O)N(CCC(=O)O)CC(C)C. The minimum atomic E-state index is -0.854. The quantitative estimate of drug-likeness (QED) is 0.628. The smallest absolute Gasteiger partial charge is 0.305 e. The van der Waals surface area contributed by atoms with E-state index in [1.807, 2.05) is 20.8 Å². The molecule has 0 aliphatic heterocycles. The van der Waals surface area contributed by atoms with Crippen molar-refractivity contribution in [3.05, 3.63) is 0 Å². The van der Waals surface area contributed by atoms with Gasteiger partial charge in [0.05, 0.1) is 11.7 Å². The molecule has 0 aromatic rings. The second-order valence-corrected chi connectivity index (χ2v) is 6.64. The fourth-order valence-corrected chi connectivity index (χ4v) is 2.80. The third-order valence-electron chi connectivity index (χ3n) is 2.71. The Hall–Kier alpha value is -0.710. The summed E-state index contributed by atoms with van der Waals surface area (Å²) in [7, 11) is 0. The predicted molar refractivity (Wildman–Crippen MR) is 80.5 cm³/mol. The summed E-state index contributed by atoms with van der Waals surface area (Å²) in [4.78, 5) is 24.6. The lowest BCUT2D eigenvalue weighted by molar-refractivity contribution is -0.138.